The molecule has 1 N–H and O–H groups in total. The number of rotatable bonds is 4. The van der Waals surface area contributed by atoms with E-state index in [0.717, 1.165) is 12.5 Å². The summed E-state index contributed by atoms with van der Waals surface area (Å²) < 4.78 is 5.19. The molecule has 0 spiro atoms. The average molecular weight is 274 g/mol. The molecule has 0 aliphatic heterocycles. The zero-order valence-electron chi connectivity index (χ0n) is 13.1. The van der Waals surface area contributed by atoms with Crippen molar-refractivity contribution in [2.75, 3.05) is 7.11 Å². The average Bonchev–Trinajstić information content (AvgIpc) is 2.78. The Kier molecular flexibility index (Phi) is 3.28. The fraction of sp³-hybridized carbons (Fsp3) is 0.706. The zero-order chi connectivity index (χ0) is 14.4. The fourth-order valence-electron chi connectivity index (χ4n) is 4.43. The van der Waals surface area contributed by atoms with Crippen molar-refractivity contribution in [2.45, 2.75) is 52.6 Å². The van der Waals surface area contributed by atoms with E-state index >= 15 is 0 Å². The lowest BCUT2D eigenvalue weighted by atomic mass is 9.69. The van der Waals surface area contributed by atoms with Gasteiger partial charge in [-0.2, -0.15) is 0 Å². The summed E-state index contributed by atoms with van der Waals surface area (Å²) >= 11 is 0. The summed E-state index contributed by atoms with van der Waals surface area (Å²) in [5.41, 5.74) is 2.16. The van der Waals surface area contributed by atoms with Crippen LogP contribution in [0.3, 0.4) is 0 Å². The van der Waals surface area contributed by atoms with Crippen LogP contribution < -0.4 is 10.1 Å². The summed E-state index contributed by atoms with van der Waals surface area (Å²) in [5, 5.41) is 3.79. The summed E-state index contributed by atoms with van der Waals surface area (Å²) in [7, 11) is 1.67. The summed E-state index contributed by atoms with van der Waals surface area (Å²) in [6.07, 6.45) is 5.92. The van der Waals surface area contributed by atoms with Crippen LogP contribution in [0.25, 0.3) is 0 Å². The van der Waals surface area contributed by atoms with Crippen LogP contribution in [0.15, 0.2) is 18.3 Å². The smallest absolute Gasteiger partial charge is 0.213 e. The Morgan fingerprint density at radius 2 is 2.20 bits per heavy atom. The minimum atomic E-state index is 0.439. The van der Waals surface area contributed by atoms with E-state index in [1.165, 1.54) is 24.8 Å². The Balaban J connectivity index is 1.68. The lowest BCUT2D eigenvalue weighted by Crippen LogP contribution is -2.44. The van der Waals surface area contributed by atoms with Crippen molar-refractivity contribution >= 4 is 0 Å². The second-order valence-corrected chi connectivity index (χ2v) is 7.25. The van der Waals surface area contributed by atoms with E-state index < -0.39 is 0 Å². The van der Waals surface area contributed by atoms with Gasteiger partial charge in [0.2, 0.25) is 5.88 Å². The van der Waals surface area contributed by atoms with Crippen LogP contribution in [0, 0.1) is 16.7 Å². The van der Waals surface area contributed by atoms with Gasteiger partial charge in [0, 0.05) is 24.8 Å². The maximum Gasteiger partial charge on any atom is 0.213 e. The van der Waals surface area contributed by atoms with Gasteiger partial charge in [-0.05, 0) is 47.6 Å². The van der Waals surface area contributed by atoms with Crippen molar-refractivity contribution in [3.63, 3.8) is 0 Å². The molecule has 2 fully saturated rings. The third-order valence-corrected chi connectivity index (χ3v) is 6.36. The minimum absolute atomic E-state index is 0.439. The van der Waals surface area contributed by atoms with Crippen LogP contribution >= 0.6 is 0 Å². The number of fused-ring (bicyclic) bond motifs is 2. The number of nitrogens with zero attached hydrogens (tertiary/aromatic N) is 1. The van der Waals surface area contributed by atoms with Gasteiger partial charge >= 0.3 is 0 Å². The molecule has 20 heavy (non-hydrogen) atoms. The van der Waals surface area contributed by atoms with Crippen LogP contribution in [-0.2, 0) is 6.54 Å². The van der Waals surface area contributed by atoms with E-state index in [-0.39, 0.29) is 0 Å². The molecule has 3 unspecified atom stereocenters. The molecule has 2 saturated carbocycles. The van der Waals surface area contributed by atoms with E-state index in [4.69, 9.17) is 4.74 Å². The van der Waals surface area contributed by atoms with E-state index in [0.29, 0.717) is 22.8 Å². The number of aromatic nitrogens is 1. The van der Waals surface area contributed by atoms with Crippen LogP contribution in [0.4, 0.5) is 0 Å². The highest BCUT2D eigenvalue weighted by Crippen LogP contribution is 2.65. The van der Waals surface area contributed by atoms with Crippen molar-refractivity contribution in [3.8, 4) is 5.88 Å². The van der Waals surface area contributed by atoms with E-state index in [9.17, 15) is 0 Å². The Bertz CT molecular complexity index is 500. The second-order valence-electron chi connectivity index (χ2n) is 7.25. The van der Waals surface area contributed by atoms with Gasteiger partial charge in [-0.3, -0.25) is 0 Å². The number of hydrogen-bond donors (Lipinski definition) is 1. The van der Waals surface area contributed by atoms with Gasteiger partial charge < -0.3 is 10.1 Å². The predicted molar refractivity (Wildman–Crippen MR) is 80.6 cm³/mol. The van der Waals surface area contributed by atoms with Crippen LogP contribution in [0.1, 0.15) is 45.6 Å². The quantitative estimate of drug-likeness (QED) is 0.914. The second kappa shape index (κ2) is 4.73. The SMILES string of the molecule is COc1cc(CNC2CC3CCC2(C)C3(C)C)ccn1. The van der Waals surface area contributed by atoms with E-state index in [1.54, 1.807) is 7.11 Å². The summed E-state index contributed by atoms with van der Waals surface area (Å²) in [4.78, 5) is 4.16. The van der Waals surface area contributed by atoms with Crippen molar-refractivity contribution < 1.29 is 4.74 Å². The highest BCUT2D eigenvalue weighted by atomic mass is 16.5. The maximum absolute atomic E-state index is 5.19. The topological polar surface area (TPSA) is 34.1 Å². The Labute approximate surface area is 122 Å². The molecule has 0 radical (unpaired) electrons. The zero-order valence-corrected chi connectivity index (χ0v) is 13.1. The molecule has 1 aromatic rings. The first-order valence-corrected chi connectivity index (χ1v) is 7.69. The van der Waals surface area contributed by atoms with Gasteiger partial charge in [-0.1, -0.05) is 20.8 Å². The van der Waals surface area contributed by atoms with Crippen molar-refractivity contribution in [1.29, 1.82) is 0 Å². The minimum Gasteiger partial charge on any atom is -0.481 e. The van der Waals surface area contributed by atoms with Gasteiger partial charge in [0.1, 0.15) is 0 Å². The van der Waals surface area contributed by atoms with Gasteiger partial charge in [0.05, 0.1) is 7.11 Å². The van der Waals surface area contributed by atoms with Crippen LogP contribution in [-0.4, -0.2) is 18.1 Å². The number of ether oxygens (including phenoxy) is 1. The highest BCUT2D eigenvalue weighted by molar-refractivity contribution is 5.21. The summed E-state index contributed by atoms with van der Waals surface area (Å²) in [6.45, 7) is 8.30. The largest absolute Gasteiger partial charge is 0.481 e. The van der Waals surface area contributed by atoms with Crippen molar-refractivity contribution in [2.24, 2.45) is 16.7 Å². The van der Waals surface area contributed by atoms with Crippen LogP contribution in [0.5, 0.6) is 5.88 Å². The number of nitrogens with one attached hydrogen (secondary N) is 1. The van der Waals surface area contributed by atoms with Gasteiger partial charge in [-0.25, -0.2) is 4.98 Å². The van der Waals surface area contributed by atoms with E-state index in [1.807, 2.05) is 12.3 Å². The summed E-state index contributed by atoms with van der Waals surface area (Å²) in [5.74, 6) is 1.58. The molecule has 0 saturated heterocycles. The molecule has 110 valence electrons. The van der Waals surface area contributed by atoms with Gasteiger partial charge in [-0.15, -0.1) is 0 Å². The third kappa shape index (κ3) is 1.95. The molecule has 2 aliphatic carbocycles. The Morgan fingerprint density at radius 1 is 1.40 bits per heavy atom. The van der Waals surface area contributed by atoms with Gasteiger partial charge in [0.15, 0.2) is 0 Å². The molecule has 1 aromatic heterocycles. The lowest BCUT2D eigenvalue weighted by Gasteiger charge is -2.39. The highest BCUT2D eigenvalue weighted by Gasteiger charge is 2.60. The molecule has 3 atom stereocenters. The first-order valence-electron chi connectivity index (χ1n) is 7.69. The fourth-order valence-corrected chi connectivity index (χ4v) is 4.43. The first kappa shape index (κ1) is 13.9. The molecular formula is C17H26N2O. The molecule has 0 amide bonds. The molecule has 3 heteroatoms. The van der Waals surface area contributed by atoms with Crippen molar-refractivity contribution in [1.82, 2.24) is 10.3 Å². The molecule has 3 rings (SSSR count). The van der Waals surface area contributed by atoms with Gasteiger partial charge in [0.25, 0.3) is 0 Å². The molecule has 2 bridgehead atoms. The van der Waals surface area contributed by atoms with Crippen LogP contribution in [0.2, 0.25) is 0 Å². The molecule has 0 aromatic carbocycles. The third-order valence-electron chi connectivity index (χ3n) is 6.36. The Hall–Kier alpha value is -1.09. The predicted octanol–water partition coefficient (Wildman–Crippen LogP) is 3.39. The monoisotopic (exact) mass is 274 g/mol. The Morgan fingerprint density at radius 3 is 2.80 bits per heavy atom. The molecule has 3 nitrogen and oxygen atoms in total. The molecule has 1 heterocycles. The number of pyridine rings is 1. The standard InChI is InChI=1S/C17H26N2O/c1-16(2)13-5-7-17(16,3)14(10-13)19-11-12-6-8-18-15(9-12)20-4/h6,8-9,13-14,19H,5,7,10-11H2,1-4H3. The van der Waals surface area contributed by atoms with E-state index in [2.05, 4.69) is 37.1 Å². The number of hydrogen-bond acceptors (Lipinski definition) is 3. The molecule has 2 aliphatic rings. The van der Waals surface area contributed by atoms with Crippen molar-refractivity contribution in [3.05, 3.63) is 23.9 Å². The number of methoxy groups -OCH3 is 1. The first-order chi connectivity index (χ1) is 9.47. The molecular weight excluding hydrogens is 248 g/mol. The maximum atomic E-state index is 5.19. The summed E-state index contributed by atoms with van der Waals surface area (Å²) in [6, 6.07) is 4.72. The lowest BCUT2D eigenvalue weighted by molar-refractivity contribution is 0.120. The normalized spacial score (nSPS) is 34.4.